The highest BCUT2D eigenvalue weighted by atomic mass is 32.1. The zero-order valence-electron chi connectivity index (χ0n) is 9.31. The van der Waals surface area contributed by atoms with Gasteiger partial charge in [-0.15, -0.1) is 0 Å². The molecule has 1 fully saturated rings. The third kappa shape index (κ3) is 3.71. The summed E-state index contributed by atoms with van der Waals surface area (Å²) in [4.78, 5) is 11.2. The van der Waals surface area contributed by atoms with Crippen LogP contribution < -0.4 is 15.4 Å². The number of piperidine rings is 1. The molecule has 1 aliphatic rings. The molecule has 17 heavy (non-hydrogen) atoms. The summed E-state index contributed by atoms with van der Waals surface area (Å²) >= 11 is 5.09. The van der Waals surface area contributed by atoms with Crippen LogP contribution in [0, 0.1) is 0 Å². The fourth-order valence-corrected chi connectivity index (χ4v) is 1.96. The lowest BCUT2D eigenvalue weighted by Gasteiger charge is -2.23. The van der Waals surface area contributed by atoms with Gasteiger partial charge in [-0.3, -0.25) is 4.79 Å². The molecule has 2 rings (SSSR count). The highest BCUT2D eigenvalue weighted by molar-refractivity contribution is 7.80. The van der Waals surface area contributed by atoms with Crippen LogP contribution in [0.4, 0.5) is 0 Å². The molecule has 90 valence electrons. The second-order valence-electron chi connectivity index (χ2n) is 3.89. The maximum Gasteiger partial charge on any atom is 0.262 e. The molecule has 4 nitrogen and oxygen atoms in total. The molecular formula is C12H14N2O2S. The number of amides is 1. The summed E-state index contributed by atoms with van der Waals surface area (Å²) in [5.74, 6) is 0.751. The zero-order chi connectivity index (χ0) is 12.1. The maximum absolute atomic E-state index is 11.2. The average molecular weight is 250 g/mol. The summed E-state index contributed by atoms with van der Waals surface area (Å²) in [6, 6.07) is 9.41. The Bertz CT molecular complexity index is 408. The molecule has 1 aromatic carbocycles. The average Bonchev–Trinajstić information content (AvgIpc) is 2.30. The Morgan fingerprint density at radius 1 is 1.41 bits per heavy atom. The van der Waals surface area contributed by atoms with Gasteiger partial charge in [-0.05, 0) is 30.8 Å². The molecule has 1 heterocycles. The Morgan fingerprint density at radius 2 is 2.18 bits per heavy atom. The van der Waals surface area contributed by atoms with Crippen LogP contribution in [0.1, 0.15) is 12.8 Å². The predicted molar refractivity (Wildman–Crippen MR) is 68.8 cm³/mol. The van der Waals surface area contributed by atoms with E-state index in [9.17, 15) is 4.79 Å². The Morgan fingerprint density at radius 3 is 2.88 bits per heavy atom. The quantitative estimate of drug-likeness (QED) is 0.775. The molecule has 0 aromatic heterocycles. The molecule has 5 heteroatoms. The highest BCUT2D eigenvalue weighted by Crippen LogP contribution is 2.09. The van der Waals surface area contributed by atoms with Gasteiger partial charge < -0.3 is 15.4 Å². The number of carbonyl (C=O) groups excluding carboxylic acids is 1. The fourth-order valence-electron chi connectivity index (χ4n) is 1.70. The fraction of sp³-hybridized carbons (Fsp3) is 0.333. The first-order valence-electron chi connectivity index (χ1n) is 5.54. The summed E-state index contributed by atoms with van der Waals surface area (Å²) in [6.07, 6.45) is 1.31. The van der Waals surface area contributed by atoms with E-state index < -0.39 is 0 Å². The van der Waals surface area contributed by atoms with Gasteiger partial charge in [0.1, 0.15) is 5.75 Å². The van der Waals surface area contributed by atoms with Crippen LogP contribution in [0.3, 0.4) is 0 Å². The zero-order valence-corrected chi connectivity index (χ0v) is 10.1. The van der Waals surface area contributed by atoms with Crippen molar-refractivity contribution in [2.45, 2.75) is 18.9 Å². The van der Waals surface area contributed by atoms with Crippen LogP contribution in [0.15, 0.2) is 30.3 Å². The first-order valence-corrected chi connectivity index (χ1v) is 5.95. The second-order valence-corrected chi connectivity index (χ2v) is 4.26. The summed E-state index contributed by atoms with van der Waals surface area (Å²) in [5.41, 5.74) is 0. The van der Waals surface area contributed by atoms with Gasteiger partial charge in [-0.1, -0.05) is 18.2 Å². The molecule has 1 saturated heterocycles. The highest BCUT2D eigenvalue weighted by Gasteiger charge is 2.19. The number of benzene rings is 1. The van der Waals surface area contributed by atoms with Crippen LogP contribution in [0.25, 0.3) is 0 Å². The van der Waals surface area contributed by atoms with Gasteiger partial charge in [-0.2, -0.15) is 0 Å². The number of para-hydroxylation sites is 1. The van der Waals surface area contributed by atoms with Crippen molar-refractivity contribution in [3.05, 3.63) is 30.3 Å². The van der Waals surface area contributed by atoms with Gasteiger partial charge in [0.15, 0.2) is 0 Å². The standard InChI is InChI=1S/C12H14N2O2S/c15-11-8-9(6-7-13-11)14-12(17)16-10-4-2-1-3-5-10/h1-5,9H,6-8H2,(H,13,15)(H,14,17). The third-order valence-electron chi connectivity index (χ3n) is 2.52. The van der Waals surface area contributed by atoms with E-state index in [0.717, 1.165) is 6.42 Å². The molecule has 1 amide bonds. The maximum atomic E-state index is 11.2. The first-order chi connectivity index (χ1) is 8.24. The Hall–Kier alpha value is -1.62. The van der Waals surface area contributed by atoms with E-state index in [4.69, 9.17) is 17.0 Å². The van der Waals surface area contributed by atoms with Crippen LogP contribution in [-0.4, -0.2) is 23.7 Å². The van der Waals surface area contributed by atoms with Crippen LogP contribution in [-0.2, 0) is 4.79 Å². The van der Waals surface area contributed by atoms with E-state index in [2.05, 4.69) is 10.6 Å². The number of hydrogen-bond acceptors (Lipinski definition) is 3. The van der Waals surface area contributed by atoms with Crippen LogP contribution in [0.2, 0.25) is 0 Å². The van der Waals surface area contributed by atoms with Crippen LogP contribution in [0.5, 0.6) is 5.75 Å². The smallest absolute Gasteiger partial charge is 0.262 e. The predicted octanol–water partition coefficient (Wildman–Crippen LogP) is 1.22. The van der Waals surface area contributed by atoms with Crippen molar-refractivity contribution in [1.29, 1.82) is 0 Å². The molecule has 0 spiro atoms. The van der Waals surface area contributed by atoms with E-state index in [1.54, 1.807) is 0 Å². The summed E-state index contributed by atoms with van der Waals surface area (Å²) < 4.78 is 5.44. The van der Waals surface area contributed by atoms with Gasteiger partial charge in [0.05, 0.1) is 0 Å². The first kappa shape index (κ1) is 11.9. The largest absolute Gasteiger partial charge is 0.432 e. The molecule has 2 N–H and O–H groups in total. The van der Waals surface area contributed by atoms with Crippen molar-refractivity contribution in [2.75, 3.05) is 6.54 Å². The number of carbonyl (C=O) groups is 1. The summed E-state index contributed by atoms with van der Waals surface area (Å²) in [7, 11) is 0. The van der Waals surface area contributed by atoms with Crippen molar-refractivity contribution in [3.63, 3.8) is 0 Å². The Balaban J connectivity index is 1.83. The van der Waals surface area contributed by atoms with Gasteiger partial charge in [0.25, 0.3) is 5.17 Å². The lowest BCUT2D eigenvalue weighted by molar-refractivity contribution is -0.122. The summed E-state index contributed by atoms with van der Waals surface area (Å²) in [6.45, 7) is 0.685. The van der Waals surface area contributed by atoms with Gasteiger partial charge in [-0.25, -0.2) is 0 Å². The molecule has 0 radical (unpaired) electrons. The van der Waals surface area contributed by atoms with Crippen molar-refractivity contribution in [1.82, 2.24) is 10.6 Å². The third-order valence-corrected chi connectivity index (χ3v) is 2.72. The van der Waals surface area contributed by atoms with Crippen molar-refractivity contribution in [3.8, 4) is 5.75 Å². The Labute approximate surface area is 105 Å². The number of rotatable bonds is 2. The van der Waals surface area contributed by atoms with Crippen molar-refractivity contribution in [2.24, 2.45) is 0 Å². The molecule has 1 atom stereocenters. The normalized spacial score (nSPS) is 19.3. The molecule has 0 saturated carbocycles. The van der Waals surface area contributed by atoms with Gasteiger partial charge in [0.2, 0.25) is 5.91 Å². The lowest BCUT2D eigenvalue weighted by Crippen LogP contribution is -2.46. The molecule has 1 unspecified atom stereocenters. The van der Waals surface area contributed by atoms with Crippen LogP contribution >= 0.6 is 12.2 Å². The number of ether oxygens (including phenoxy) is 1. The van der Waals surface area contributed by atoms with E-state index in [1.807, 2.05) is 30.3 Å². The monoisotopic (exact) mass is 250 g/mol. The van der Waals surface area contributed by atoms with E-state index in [0.29, 0.717) is 23.9 Å². The Kier molecular flexibility index (Phi) is 3.93. The molecule has 1 aromatic rings. The van der Waals surface area contributed by atoms with E-state index in [-0.39, 0.29) is 11.9 Å². The van der Waals surface area contributed by atoms with Crippen molar-refractivity contribution >= 4 is 23.3 Å². The topological polar surface area (TPSA) is 50.4 Å². The minimum absolute atomic E-state index is 0.0521. The SMILES string of the molecule is O=C1CC(NC(=S)Oc2ccccc2)CCN1. The van der Waals surface area contributed by atoms with E-state index >= 15 is 0 Å². The summed E-state index contributed by atoms with van der Waals surface area (Å²) in [5, 5.41) is 6.13. The minimum atomic E-state index is 0.0521. The molecule has 1 aliphatic heterocycles. The second kappa shape index (κ2) is 5.63. The lowest BCUT2D eigenvalue weighted by atomic mass is 10.1. The van der Waals surface area contributed by atoms with Gasteiger partial charge >= 0.3 is 0 Å². The van der Waals surface area contributed by atoms with Crippen molar-refractivity contribution < 1.29 is 9.53 Å². The molecule has 0 bridgehead atoms. The molecular weight excluding hydrogens is 236 g/mol. The van der Waals surface area contributed by atoms with E-state index in [1.165, 1.54) is 0 Å². The molecule has 0 aliphatic carbocycles. The number of hydrogen-bond donors (Lipinski definition) is 2. The minimum Gasteiger partial charge on any atom is -0.432 e. The van der Waals surface area contributed by atoms with Gasteiger partial charge in [0, 0.05) is 19.0 Å². The number of nitrogens with one attached hydrogen (secondary N) is 2. The number of thiocarbonyl (C=S) groups is 1.